The first-order valence-corrected chi connectivity index (χ1v) is 2.97. The van der Waals surface area contributed by atoms with Crippen LogP contribution in [-0.4, -0.2) is 18.7 Å². The van der Waals surface area contributed by atoms with Crippen LogP contribution in [0.4, 0.5) is 0 Å². The Balaban J connectivity index is 3.09. The molecular weight excluding hydrogens is 146 g/mol. The van der Waals surface area contributed by atoms with Gasteiger partial charge < -0.3 is 10.5 Å². The monoisotopic (exact) mass is 153 g/mol. The zero-order valence-corrected chi connectivity index (χ0v) is 5.96. The summed E-state index contributed by atoms with van der Waals surface area (Å²) in [6.45, 7) is 0. The van der Waals surface area contributed by atoms with E-state index in [-0.39, 0.29) is 23.0 Å². The molecule has 1 rings (SSSR count). The molecule has 0 saturated carbocycles. The molecule has 4 heteroatoms. The third kappa shape index (κ3) is 1.14. The summed E-state index contributed by atoms with van der Waals surface area (Å²) >= 11 is 0. The number of allylic oxidation sites excluding steroid dienone is 2. The third-order valence-corrected chi connectivity index (χ3v) is 1.32. The molecule has 0 aromatic heterocycles. The standard InChI is InChI=1S/C7H7NO3/c1-11-7-5(10)3-2-4(9)6(7)8/h2-3H,8H2,1H3. The first kappa shape index (κ1) is 7.53. The Bertz CT molecular complexity index is 275. The largest absolute Gasteiger partial charge is 0.491 e. The highest BCUT2D eigenvalue weighted by Crippen LogP contribution is 2.09. The molecule has 2 N–H and O–H groups in total. The van der Waals surface area contributed by atoms with Gasteiger partial charge in [-0.2, -0.15) is 0 Å². The van der Waals surface area contributed by atoms with Gasteiger partial charge in [0.25, 0.3) is 0 Å². The average Bonchev–Trinajstić information content (AvgIpc) is 1.99. The summed E-state index contributed by atoms with van der Waals surface area (Å²) in [5.74, 6) is -0.830. The van der Waals surface area contributed by atoms with Crippen LogP contribution in [0.5, 0.6) is 0 Å². The summed E-state index contributed by atoms with van der Waals surface area (Å²) in [4.78, 5) is 21.7. The molecule has 58 valence electrons. The number of carbonyl (C=O) groups is 2. The van der Waals surface area contributed by atoms with Gasteiger partial charge in [0.15, 0.2) is 5.76 Å². The summed E-state index contributed by atoms with van der Waals surface area (Å²) in [5, 5.41) is 0. The minimum atomic E-state index is -0.388. The average molecular weight is 153 g/mol. The van der Waals surface area contributed by atoms with Crippen molar-refractivity contribution in [2.45, 2.75) is 0 Å². The SMILES string of the molecule is COC1=C(N)C(=O)C=CC1=O. The minimum absolute atomic E-state index is 0.0718. The van der Waals surface area contributed by atoms with Gasteiger partial charge in [0.05, 0.1) is 7.11 Å². The number of ether oxygens (including phenoxy) is 1. The molecule has 1 aliphatic rings. The molecular formula is C7H7NO3. The highest BCUT2D eigenvalue weighted by molar-refractivity contribution is 6.18. The number of hydrogen-bond acceptors (Lipinski definition) is 4. The number of nitrogens with two attached hydrogens (primary N) is 1. The van der Waals surface area contributed by atoms with Crippen LogP contribution in [0.15, 0.2) is 23.6 Å². The minimum Gasteiger partial charge on any atom is -0.491 e. The predicted molar refractivity (Wildman–Crippen MR) is 37.4 cm³/mol. The van der Waals surface area contributed by atoms with Crippen molar-refractivity contribution >= 4 is 11.6 Å². The maximum atomic E-state index is 10.9. The number of hydrogen-bond donors (Lipinski definition) is 1. The molecule has 0 fully saturated rings. The number of carbonyl (C=O) groups excluding carboxylic acids is 2. The van der Waals surface area contributed by atoms with Crippen molar-refractivity contribution in [3.8, 4) is 0 Å². The van der Waals surface area contributed by atoms with Crippen molar-refractivity contribution in [3.63, 3.8) is 0 Å². The van der Waals surface area contributed by atoms with Crippen LogP contribution in [0.3, 0.4) is 0 Å². The first-order valence-electron chi connectivity index (χ1n) is 2.97. The first-order chi connectivity index (χ1) is 5.16. The van der Waals surface area contributed by atoms with Gasteiger partial charge in [0.1, 0.15) is 5.70 Å². The van der Waals surface area contributed by atoms with Crippen LogP contribution in [0, 0.1) is 0 Å². The fourth-order valence-corrected chi connectivity index (χ4v) is 0.772. The van der Waals surface area contributed by atoms with Gasteiger partial charge in [-0.1, -0.05) is 0 Å². The maximum Gasteiger partial charge on any atom is 0.222 e. The van der Waals surface area contributed by atoms with E-state index >= 15 is 0 Å². The van der Waals surface area contributed by atoms with E-state index in [0.29, 0.717) is 0 Å². The van der Waals surface area contributed by atoms with Crippen molar-refractivity contribution in [2.24, 2.45) is 5.73 Å². The van der Waals surface area contributed by atoms with E-state index in [9.17, 15) is 9.59 Å². The molecule has 1 aliphatic carbocycles. The lowest BCUT2D eigenvalue weighted by atomic mass is 10.1. The van der Waals surface area contributed by atoms with Crippen molar-refractivity contribution in [1.82, 2.24) is 0 Å². The van der Waals surface area contributed by atoms with Crippen LogP contribution in [-0.2, 0) is 14.3 Å². The number of methoxy groups -OCH3 is 1. The van der Waals surface area contributed by atoms with Crippen LogP contribution < -0.4 is 5.73 Å². The molecule has 0 aromatic carbocycles. The molecule has 0 heterocycles. The van der Waals surface area contributed by atoms with Gasteiger partial charge in [-0.3, -0.25) is 9.59 Å². The van der Waals surface area contributed by atoms with E-state index in [1.165, 1.54) is 7.11 Å². The number of rotatable bonds is 1. The van der Waals surface area contributed by atoms with Crippen LogP contribution in [0.1, 0.15) is 0 Å². The zero-order valence-electron chi connectivity index (χ0n) is 5.96. The van der Waals surface area contributed by atoms with Gasteiger partial charge in [-0.15, -0.1) is 0 Å². The third-order valence-electron chi connectivity index (χ3n) is 1.32. The molecule has 0 radical (unpaired) electrons. The zero-order chi connectivity index (χ0) is 8.43. The summed E-state index contributed by atoms with van der Waals surface area (Å²) in [6, 6.07) is 0. The molecule has 4 nitrogen and oxygen atoms in total. The lowest BCUT2D eigenvalue weighted by Crippen LogP contribution is -2.21. The van der Waals surface area contributed by atoms with Gasteiger partial charge in [-0.25, -0.2) is 0 Å². The van der Waals surface area contributed by atoms with Crippen molar-refractivity contribution in [2.75, 3.05) is 7.11 Å². The van der Waals surface area contributed by atoms with E-state index < -0.39 is 0 Å². The molecule has 0 aliphatic heterocycles. The Morgan fingerprint density at radius 1 is 1.27 bits per heavy atom. The Hall–Kier alpha value is -1.58. The highest BCUT2D eigenvalue weighted by atomic mass is 16.5. The van der Waals surface area contributed by atoms with Gasteiger partial charge in [-0.05, 0) is 12.2 Å². The van der Waals surface area contributed by atoms with Gasteiger partial charge in [0, 0.05) is 0 Å². The molecule has 0 aromatic rings. The van der Waals surface area contributed by atoms with Gasteiger partial charge in [0.2, 0.25) is 11.6 Å². The van der Waals surface area contributed by atoms with Gasteiger partial charge >= 0.3 is 0 Å². The molecule has 0 bridgehead atoms. The Labute approximate surface area is 63.3 Å². The molecule has 0 atom stereocenters. The maximum absolute atomic E-state index is 10.9. The fraction of sp³-hybridized carbons (Fsp3) is 0.143. The Kier molecular flexibility index (Phi) is 1.76. The van der Waals surface area contributed by atoms with E-state index in [1.807, 2.05) is 0 Å². The lowest BCUT2D eigenvalue weighted by Gasteiger charge is -2.08. The van der Waals surface area contributed by atoms with Crippen molar-refractivity contribution in [1.29, 1.82) is 0 Å². The lowest BCUT2D eigenvalue weighted by molar-refractivity contribution is -0.117. The van der Waals surface area contributed by atoms with Crippen molar-refractivity contribution < 1.29 is 14.3 Å². The second kappa shape index (κ2) is 2.57. The van der Waals surface area contributed by atoms with Crippen LogP contribution in [0.25, 0.3) is 0 Å². The summed E-state index contributed by atoms with van der Waals surface area (Å²) in [5.41, 5.74) is 5.13. The fourth-order valence-electron chi connectivity index (χ4n) is 0.772. The quantitative estimate of drug-likeness (QED) is 0.516. The summed E-state index contributed by atoms with van der Waals surface area (Å²) in [6.07, 6.45) is 2.26. The molecule has 0 unspecified atom stereocenters. The molecule has 11 heavy (non-hydrogen) atoms. The molecule has 0 amide bonds. The highest BCUT2D eigenvalue weighted by Gasteiger charge is 2.20. The number of ketones is 2. The Morgan fingerprint density at radius 3 is 2.27 bits per heavy atom. The van der Waals surface area contributed by atoms with Crippen molar-refractivity contribution in [3.05, 3.63) is 23.6 Å². The molecule has 0 saturated heterocycles. The Morgan fingerprint density at radius 2 is 1.82 bits per heavy atom. The van der Waals surface area contributed by atoms with Crippen LogP contribution in [0.2, 0.25) is 0 Å². The van der Waals surface area contributed by atoms with E-state index in [0.717, 1.165) is 12.2 Å². The second-order valence-electron chi connectivity index (χ2n) is 2.01. The summed E-state index contributed by atoms with van der Waals surface area (Å²) in [7, 11) is 1.30. The summed E-state index contributed by atoms with van der Waals surface area (Å²) < 4.78 is 4.62. The molecule has 0 spiro atoms. The normalized spacial score (nSPS) is 17.5. The van der Waals surface area contributed by atoms with E-state index in [2.05, 4.69) is 4.74 Å². The topological polar surface area (TPSA) is 69.4 Å². The predicted octanol–water partition coefficient (Wildman–Crippen LogP) is -0.489. The smallest absolute Gasteiger partial charge is 0.222 e. The van der Waals surface area contributed by atoms with Crippen LogP contribution >= 0.6 is 0 Å². The second-order valence-corrected chi connectivity index (χ2v) is 2.01. The van der Waals surface area contributed by atoms with E-state index in [1.54, 1.807) is 0 Å². The van der Waals surface area contributed by atoms with E-state index in [4.69, 9.17) is 5.73 Å².